The molecular formula is C16H23ClN2O2. The first-order chi connectivity index (χ1) is 10.0. The molecule has 0 radical (unpaired) electrons. The number of carbonyl (C=O) groups excluding carboxylic acids is 1. The largest absolute Gasteiger partial charge is 0.484 e. The first kappa shape index (κ1) is 16.1. The third kappa shape index (κ3) is 4.11. The molecule has 1 heterocycles. The lowest BCUT2D eigenvalue weighted by molar-refractivity contribution is -0.135. The predicted molar refractivity (Wildman–Crippen MR) is 85.1 cm³/mol. The van der Waals surface area contributed by atoms with E-state index >= 15 is 0 Å². The van der Waals surface area contributed by atoms with E-state index in [1.54, 1.807) is 0 Å². The fraction of sp³-hybridized carbons (Fsp3) is 0.562. The van der Waals surface area contributed by atoms with E-state index < -0.39 is 0 Å². The summed E-state index contributed by atoms with van der Waals surface area (Å²) in [4.78, 5) is 16.4. The van der Waals surface area contributed by atoms with Crippen molar-refractivity contribution in [1.29, 1.82) is 0 Å². The highest BCUT2D eigenvalue weighted by Crippen LogP contribution is 2.25. The Labute approximate surface area is 131 Å². The van der Waals surface area contributed by atoms with Crippen LogP contribution >= 0.6 is 11.6 Å². The van der Waals surface area contributed by atoms with Crippen molar-refractivity contribution in [3.8, 4) is 5.75 Å². The summed E-state index contributed by atoms with van der Waals surface area (Å²) in [5.74, 6) is 0.756. The van der Waals surface area contributed by atoms with E-state index in [-0.39, 0.29) is 12.5 Å². The van der Waals surface area contributed by atoms with Crippen LogP contribution in [0.15, 0.2) is 12.1 Å². The molecule has 0 bridgehead atoms. The molecule has 1 aromatic rings. The summed E-state index contributed by atoms with van der Waals surface area (Å²) in [5.41, 5.74) is 1.94. The quantitative estimate of drug-likeness (QED) is 0.856. The highest BCUT2D eigenvalue weighted by molar-refractivity contribution is 6.32. The van der Waals surface area contributed by atoms with Gasteiger partial charge in [0.05, 0.1) is 0 Å². The molecule has 0 atom stereocenters. The van der Waals surface area contributed by atoms with Gasteiger partial charge in [0, 0.05) is 31.2 Å². The lowest BCUT2D eigenvalue weighted by Gasteiger charge is -2.33. The van der Waals surface area contributed by atoms with E-state index in [2.05, 4.69) is 11.8 Å². The molecule has 1 saturated heterocycles. The van der Waals surface area contributed by atoms with Crippen LogP contribution in [0.4, 0.5) is 0 Å². The molecule has 2 rings (SSSR count). The van der Waals surface area contributed by atoms with Gasteiger partial charge in [-0.05, 0) is 43.7 Å². The number of carbonyl (C=O) groups is 1. The van der Waals surface area contributed by atoms with E-state index in [9.17, 15) is 4.79 Å². The van der Waals surface area contributed by atoms with Crippen LogP contribution in [0.3, 0.4) is 0 Å². The lowest BCUT2D eigenvalue weighted by atomic mass is 10.1. The number of likely N-dealkylation sites (N-methyl/N-ethyl adjacent to an activating group) is 1. The van der Waals surface area contributed by atoms with Crippen molar-refractivity contribution in [2.75, 3.05) is 39.3 Å². The fourth-order valence-electron chi connectivity index (χ4n) is 2.54. The average Bonchev–Trinajstić information content (AvgIpc) is 2.50. The maximum Gasteiger partial charge on any atom is 0.260 e. The number of rotatable bonds is 4. The van der Waals surface area contributed by atoms with Crippen LogP contribution in [0.25, 0.3) is 0 Å². The minimum Gasteiger partial charge on any atom is -0.484 e. The number of ether oxygens (including phenoxy) is 1. The molecular weight excluding hydrogens is 288 g/mol. The van der Waals surface area contributed by atoms with E-state index in [0.29, 0.717) is 5.75 Å². The maximum atomic E-state index is 12.2. The number of hydrogen-bond donors (Lipinski definition) is 0. The Balaban J connectivity index is 1.87. The Kier molecular flexibility index (Phi) is 5.48. The number of nitrogens with zero attached hydrogens (tertiary/aromatic N) is 2. The van der Waals surface area contributed by atoms with Gasteiger partial charge in [-0.25, -0.2) is 0 Å². The summed E-state index contributed by atoms with van der Waals surface area (Å²) in [6.07, 6.45) is 0. The molecule has 0 aliphatic carbocycles. The van der Waals surface area contributed by atoms with Gasteiger partial charge in [0.1, 0.15) is 5.75 Å². The van der Waals surface area contributed by atoms with Gasteiger partial charge in [0.15, 0.2) is 6.61 Å². The van der Waals surface area contributed by atoms with Gasteiger partial charge in [-0.15, -0.1) is 0 Å². The highest BCUT2D eigenvalue weighted by Gasteiger charge is 2.20. The molecule has 1 aliphatic heterocycles. The molecule has 5 heteroatoms. The molecule has 21 heavy (non-hydrogen) atoms. The standard InChI is InChI=1S/C16H23ClN2O2/c1-4-18-5-7-19(8-6-18)15(20)11-21-14-9-12(2)16(17)13(3)10-14/h9-10H,4-8,11H2,1-3H3. The maximum absolute atomic E-state index is 12.2. The van der Waals surface area contributed by atoms with Crippen LogP contribution in [0.2, 0.25) is 5.02 Å². The first-order valence-corrected chi connectivity index (χ1v) is 7.78. The summed E-state index contributed by atoms with van der Waals surface area (Å²) in [7, 11) is 0. The molecule has 0 saturated carbocycles. The smallest absolute Gasteiger partial charge is 0.260 e. The second kappa shape index (κ2) is 7.14. The first-order valence-electron chi connectivity index (χ1n) is 7.41. The summed E-state index contributed by atoms with van der Waals surface area (Å²) < 4.78 is 5.63. The molecule has 1 aromatic carbocycles. The van der Waals surface area contributed by atoms with Crippen LogP contribution < -0.4 is 4.74 Å². The zero-order chi connectivity index (χ0) is 15.4. The zero-order valence-corrected chi connectivity index (χ0v) is 13.7. The van der Waals surface area contributed by atoms with Crippen molar-refractivity contribution in [1.82, 2.24) is 9.80 Å². The van der Waals surface area contributed by atoms with Crippen LogP contribution in [0, 0.1) is 13.8 Å². The number of piperazine rings is 1. The fourth-order valence-corrected chi connectivity index (χ4v) is 2.65. The van der Waals surface area contributed by atoms with Gasteiger partial charge in [0.25, 0.3) is 5.91 Å². The van der Waals surface area contributed by atoms with Gasteiger partial charge >= 0.3 is 0 Å². The van der Waals surface area contributed by atoms with Crippen molar-refractivity contribution in [2.24, 2.45) is 0 Å². The summed E-state index contributed by atoms with van der Waals surface area (Å²) >= 11 is 6.13. The number of amides is 1. The normalized spacial score (nSPS) is 16.1. The monoisotopic (exact) mass is 310 g/mol. The zero-order valence-electron chi connectivity index (χ0n) is 13.0. The predicted octanol–water partition coefficient (Wildman–Crippen LogP) is 2.50. The molecule has 1 fully saturated rings. The number of halogens is 1. The van der Waals surface area contributed by atoms with Crippen molar-refractivity contribution in [2.45, 2.75) is 20.8 Å². The Morgan fingerprint density at radius 3 is 2.29 bits per heavy atom. The van der Waals surface area contributed by atoms with Crippen molar-refractivity contribution < 1.29 is 9.53 Å². The third-order valence-corrected chi connectivity index (χ3v) is 4.54. The molecule has 0 aromatic heterocycles. The van der Waals surface area contributed by atoms with Gasteiger partial charge in [-0.1, -0.05) is 18.5 Å². The van der Waals surface area contributed by atoms with Gasteiger partial charge in [-0.3, -0.25) is 4.79 Å². The molecule has 116 valence electrons. The van der Waals surface area contributed by atoms with Gasteiger partial charge < -0.3 is 14.5 Å². The van der Waals surface area contributed by atoms with Gasteiger partial charge in [-0.2, -0.15) is 0 Å². The second-order valence-corrected chi connectivity index (χ2v) is 5.85. The van der Waals surface area contributed by atoms with Crippen molar-refractivity contribution in [3.05, 3.63) is 28.3 Å². The molecule has 1 aliphatic rings. The van der Waals surface area contributed by atoms with Crippen LogP contribution in [-0.4, -0.2) is 55.0 Å². The minimum absolute atomic E-state index is 0.0519. The molecule has 1 amide bonds. The van der Waals surface area contributed by atoms with E-state index in [1.165, 1.54) is 0 Å². The molecule has 0 spiro atoms. The Morgan fingerprint density at radius 1 is 1.19 bits per heavy atom. The van der Waals surface area contributed by atoms with Crippen LogP contribution in [0.5, 0.6) is 5.75 Å². The summed E-state index contributed by atoms with van der Waals surface area (Å²) in [5, 5.41) is 0.754. The SMILES string of the molecule is CCN1CCN(C(=O)COc2cc(C)c(Cl)c(C)c2)CC1. The Bertz CT molecular complexity index is 488. The number of hydrogen-bond acceptors (Lipinski definition) is 3. The summed E-state index contributed by atoms with van der Waals surface area (Å²) in [6, 6.07) is 3.75. The van der Waals surface area contributed by atoms with Crippen molar-refractivity contribution >= 4 is 17.5 Å². The lowest BCUT2D eigenvalue weighted by Crippen LogP contribution is -2.49. The average molecular weight is 311 g/mol. The topological polar surface area (TPSA) is 32.8 Å². The van der Waals surface area contributed by atoms with Gasteiger partial charge in [0.2, 0.25) is 0 Å². The van der Waals surface area contributed by atoms with Crippen molar-refractivity contribution in [3.63, 3.8) is 0 Å². The highest BCUT2D eigenvalue weighted by atomic mass is 35.5. The number of aryl methyl sites for hydroxylation is 2. The number of benzene rings is 1. The molecule has 4 nitrogen and oxygen atoms in total. The molecule has 0 unspecified atom stereocenters. The minimum atomic E-state index is 0.0519. The third-order valence-electron chi connectivity index (χ3n) is 3.94. The Hall–Kier alpha value is -1.26. The molecule has 0 N–H and O–H groups in total. The van der Waals surface area contributed by atoms with Crippen LogP contribution in [-0.2, 0) is 4.79 Å². The second-order valence-electron chi connectivity index (χ2n) is 5.47. The summed E-state index contributed by atoms with van der Waals surface area (Å²) in [6.45, 7) is 10.6. The van der Waals surface area contributed by atoms with Crippen LogP contribution in [0.1, 0.15) is 18.1 Å². The van der Waals surface area contributed by atoms with E-state index in [0.717, 1.165) is 48.9 Å². The van der Waals surface area contributed by atoms with E-state index in [4.69, 9.17) is 16.3 Å². The van der Waals surface area contributed by atoms with E-state index in [1.807, 2.05) is 30.9 Å². The Morgan fingerprint density at radius 2 is 1.76 bits per heavy atom.